The van der Waals surface area contributed by atoms with E-state index in [9.17, 15) is 4.79 Å². The number of para-hydroxylation sites is 2. The zero-order valence-corrected chi connectivity index (χ0v) is 21.2. The van der Waals surface area contributed by atoms with Crippen molar-refractivity contribution < 1.29 is 33.2 Å². The second-order valence-electron chi connectivity index (χ2n) is 8.20. The number of carbonyl (C=O) groups excluding carboxylic acids is 1. The summed E-state index contributed by atoms with van der Waals surface area (Å²) in [6.45, 7) is 0.734. The highest BCUT2D eigenvalue weighted by molar-refractivity contribution is 5.95. The summed E-state index contributed by atoms with van der Waals surface area (Å²) in [6, 6.07) is 16.1. The van der Waals surface area contributed by atoms with Gasteiger partial charge in [0.25, 0.3) is 5.91 Å². The monoisotopic (exact) mass is 493 g/mol. The molecule has 1 amide bonds. The van der Waals surface area contributed by atoms with E-state index in [0.29, 0.717) is 53.0 Å². The van der Waals surface area contributed by atoms with Crippen molar-refractivity contribution in [2.45, 2.75) is 12.5 Å². The molecule has 1 aliphatic heterocycles. The van der Waals surface area contributed by atoms with Crippen molar-refractivity contribution in [3.05, 3.63) is 71.3 Å². The minimum absolute atomic E-state index is 0.134. The molecule has 0 N–H and O–H groups in total. The number of hydrogen-bond acceptors (Lipinski definition) is 7. The lowest BCUT2D eigenvalue weighted by Gasteiger charge is -2.37. The van der Waals surface area contributed by atoms with E-state index in [1.165, 1.54) is 0 Å². The molecule has 0 saturated heterocycles. The van der Waals surface area contributed by atoms with E-state index in [-0.39, 0.29) is 18.6 Å². The van der Waals surface area contributed by atoms with Crippen LogP contribution < -0.4 is 28.4 Å². The summed E-state index contributed by atoms with van der Waals surface area (Å²) >= 11 is 0. The normalized spacial score (nSPS) is 14.5. The van der Waals surface area contributed by atoms with Crippen molar-refractivity contribution in [1.29, 1.82) is 0 Å². The maximum absolute atomic E-state index is 13.8. The molecular formula is C28H31NO7. The lowest BCUT2D eigenvalue weighted by Crippen LogP contribution is -2.42. The van der Waals surface area contributed by atoms with Crippen LogP contribution in [0.3, 0.4) is 0 Å². The molecule has 0 spiro atoms. The SMILES string of the molecule is COc1ccc(C(=O)N2CCc3cc(OC)c(OC)cc3[C@@H]2COc2ccccc2OC)cc1OC. The fourth-order valence-corrected chi connectivity index (χ4v) is 4.49. The molecule has 1 aliphatic rings. The van der Waals surface area contributed by atoms with Crippen LogP contribution in [0.4, 0.5) is 0 Å². The highest BCUT2D eigenvalue weighted by atomic mass is 16.5. The first-order chi connectivity index (χ1) is 17.5. The lowest BCUT2D eigenvalue weighted by atomic mass is 9.91. The zero-order chi connectivity index (χ0) is 25.7. The Bertz CT molecular complexity index is 1230. The van der Waals surface area contributed by atoms with E-state index in [2.05, 4.69) is 0 Å². The molecule has 1 heterocycles. The van der Waals surface area contributed by atoms with Crippen LogP contribution in [0.15, 0.2) is 54.6 Å². The first-order valence-electron chi connectivity index (χ1n) is 11.6. The van der Waals surface area contributed by atoms with Crippen LogP contribution in [-0.4, -0.2) is 59.5 Å². The van der Waals surface area contributed by atoms with E-state index in [1.54, 1.807) is 53.7 Å². The molecule has 8 nitrogen and oxygen atoms in total. The minimum atomic E-state index is -0.376. The smallest absolute Gasteiger partial charge is 0.254 e. The predicted molar refractivity (Wildman–Crippen MR) is 135 cm³/mol. The Hall–Kier alpha value is -4.07. The van der Waals surface area contributed by atoms with E-state index in [0.717, 1.165) is 11.1 Å². The van der Waals surface area contributed by atoms with Gasteiger partial charge in [0, 0.05) is 12.1 Å². The molecule has 0 unspecified atom stereocenters. The molecule has 4 rings (SSSR count). The predicted octanol–water partition coefficient (Wildman–Crippen LogP) is 4.55. The number of carbonyl (C=O) groups is 1. The quantitative estimate of drug-likeness (QED) is 0.433. The third-order valence-corrected chi connectivity index (χ3v) is 6.36. The number of benzene rings is 3. The highest BCUT2D eigenvalue weighted by Crippen LogP contribution is 2.40. The average molecular weight is 494 g/mol. The second kappa shape index (κ2) is 11.1. The maximum atomic E-state index is 13.8. The number of amides is 1. The fourth-order valence-electron chi connectivity index (χ4n) is 4.49. The Balaban J connectivity index is 1.73. The van der Waals surface area contributed by atoms with Crippen LogP contribution in [0.1, 0.15) is 27.5 Å². The van der Waals surface area contributed by atoms with Crippen LogP contribution in [0.2, 0.25) is 0 Å². The summed E-state index contributed by atoms with van der Waals surface area (Å²) in [5, 5.41) is 0. The third-order valence-electron chi connectivity index (χ3n) is 6.36. The van der Waals surface area contributed by atoms with Crippen molar-refractivity contribution in [2.24, 2.45) is 0 Å². The van der Waals surface area contributed by atoms with Gasteiger partial charge in [-0.15, -0.1) is 0 Å². The topological polar surface area (TPSA) is 75.7 Å². The van der Waals surface area contributed by atoms with Gasteiger partial charge in [-0.1, -0.05) is 12.1 Å². The van der Waals surface area contributed by atoms with Gasteiger partial charge < -0.3 is 33.3 Å². The van der Waals surface area contributed by atoms with Crippen molar-refractivity contribution in [2.75, 3.05) is 48.7 Å². The fraction of sp³-hybridized carbons (Fsp3) is 0.321. The number of fused-ring (bicyclic) bond motifs is 1. The van der Waals surface area contributed by atoms with Gasteiger partial charge in [-0.3, -0.25) is 4.79 Å². The molecule has 0 radical (unpaired) electrons. The molecular weight excluding hydrogens is 462 g/mol. The first kappa shape index (κ1) is 25.0. The summed E-state index contributed by atoms with van der Waals surface area (Å²) < 4.78 is 33.5. The van der Waals surface area contributed by atoms with Crippen molar-refractivity contribution >= 4 is 5.91 Å². The first-order valence-corrected chi connectivity index (χ1v) is 11.6. The van der Waals surface area contributed by atoms with Crippen LogP contribution in [-0.2, 0) is 6.42 Å². The zero-order valence-electron chi connectivity index (χ0n) is 21.2. The van der Waals surface area contributed by atoms with Crippen molar-refractivity contribution in [1.82, 2.24) is 4.90 Å². The molecule has 0 saturated carbocycles. The van der Waals surface area contributed by atoms with Gasteiger partial charge in [-0.25, -0.2) is 0 Å². The van der Waals surface area contributed by atoms with Crippen molar-refractivity contribution in [3.8, 4) is 34.5 Å². The van der Waals surface area contributed by atoms with E-state index in [4.69, 9.17) is 28.4 Å². The van der Waals surface area contributed by atoms with Crippen molar-refractivity contribution in [3.63, 3.8) is 0 Å². The Morgan fingerprint density at radius 1 is 0.750 bits per heavy atom. The molecule has 0 fully saturated rings. The van der Waals surface area contributed by atoms with Gasteiger partial charge in [0.2, 0.25) is 0 Å². The standard InChI is InChI=1S/C28H31NO7/c1-31-22-8-6-7-9-24(22)36-17-21-20-16-27(35-5)26(34-4)14-18(20)12-13-29(21)28(30)19-10-11-23(32-2)25(15-19)33-3/h6-11,14-16,21H,12-13,17H2,1-5H3/t21-/m0/s1. The molecule has 36 heavy (non-hydrogen) atoms. The Kier molecular flexibility index (Phi) is 7.73. The van der Waals surface area contributed by atoms with Gasteiger partial charge >= 0.3 is 0 Å². The van der Waals surface area contributed by atoms with E-state index < -0.39 is 0 Å². The van der Waals surface area contributed by atoms with Gasteiger partial charge in [-0.05, 0) is 60.0 Å². The van der Waals surface area contributed by atoms with Crippen LogP contribution in [0.5, 0.6) is 34.5 Å². The number of rotatable bonds is 9. The lowest BCUT2D eigenvalue weighted by molar-refractivity contribution is 0.0587. The minimum Gasteiger partial charge on any atom is -0.493 e. The number of hydrogen-bond donors (Lipinski definition) is 0. The van der Waals surface area contributed by atoms with Crippen LogP contribution in [0, 0.1) is 0 Å². The Morgan fingerprint density at radius 3 is 2.00 bits per heavy atom. The van der Waals surface area contributed by atoms with Gasteiger partial charge in [0.15, 0.2) is 34.5 Å². The third kappa shape index (κ3) is 4.84. The van der Waals surface area contributed by atoms with E-state index in [1.807, 2.05) is 41.3 Å². The summed E-state index contributed by atoms with van der Waals surface area (Å²) in [7, 11) is 7.92. The Morgan fingerprint density at radius 2 is 1.33 bits per heavy atom. The Labute approximate surface area is 211 Å². The molecule has 3 aromatic rings. The molecule has 190 valence electrons. The second-order valence-corrected chi connectivity index (χ2v) is 8.20. The molecule has 0 bridgehead atoms. The molecule has 8 heteroatoms. The molecule has 3 aromatic carbocycles. The number of ether oxygens (including phenoxy) is 6. The van der Waals surface area contributed by atoms with Gasteiger partial charge in [0.05, 0.1) is 41.6 Å². The molecule has 0 aromatic heterocycles. The largest absolute Gasteiger partial charge is 0.493 e. The molecule has 1 atom stereocenters. The molecule has 0 aliphatic carbocycles. The van der Waals surface area contributed by atoms with E-state index >= 15 is 0 Å². The van der Waals surface area contributed by atoms with Crippen LogP contribution >= 0.6 is 0 Å². The summed E-state index contributed by atoms with van der Waals surface area (Å²) in [6.07, 6.45) is 0.667. The number of nitrogens with zero attached hydrogens (tertiary/aromatic N) is 1. The summed E-state index contributed by atoms with van der Waals surface area (Å²) in [5.41, 5.74) is 2.53. The number of methoxy groups -OCH3 is 5. The maximum Gasteiger partial charge on any atom is 0.254 e. The highest BCUT2D eigenvalue weighted by Gasteiger charge is 2.34. The van der Waals surface area contributed by atoms with Gasteiger partial charge in [0.1, 0.15) is 6.61 Å². The summed E-state index contributed by atoms with van der Waals surface area (Å²) in [5.74, 6) is 3.40. The van der Waals surface area contributed by atoms with Crippen LogP contribution in [0.25, 0.3) is 0 Å². The van der Waals surface area contributed by atoms with Gasteiger partial charge in [-0.2, -0.15) is 0 Å². The summed E-state index contributed by atoms with van der Waals surface area (Å²) in [4.78, 5) is 15.6. The average Bonchev–Trinajstić information content (AvgIpc) is 2.94.